The molecule has 3 aromatic rings. The van der Waals surface area contributed by atoms with Gasteiger partial charge in [0.25, 0.3) is 11.8 Å². The largest absolute Gasteiger partial charge is 0.448 e. The van der Waals surface area contributed by atoms with Gasteiger partial charge in [-0.1, -0.05) is 11.6 Å². The van der Waals surface area contributed by atoms with Gasteiger partial charge in [-0.2, -0.15) is 0 Å². The molecule has 25 heavy (non-hydrogen) atoms. The second-order valence-corrected chi connectivity index (χ2v) is 7.02. The van der Waals surface area contributed by atoms with E-state index in [4.69, 9.17) is 22.1 Å². The van der Waals surface area contributed by atoms with E-state index in [1.165, 1.54) is 28.7 Å². The van der Waals surface area contributed by atoms with E-state index in [1.807, 2.05) is 0 Å². The van der Waals surface area contributed by atoms with Crippen LogP contribution in [0, 0.1) is 0 Å². The maximum Gasteiger partial charge on any atom is 0.359 e. The average molecular weight is 399 g/mol. The molecular weight excluding hydrogens is 388 g/mol. The number of anilines is 1. The fourth-order valence-electron chi connectivity index (χ4n) is 2.03. The lowest BCUT2D eigenvalue weighted by atomic mass is 10.3. The zero-order chi connectivity index (χ0) is 18.1. The number of thiazole rings is 1. The molecule has 0 saturated carbocycles. The summed E-state index contributed by atoms with van der Waals surface area (Å²) in [4.78, 5) is 40.4. The summed E-state index contributed by atoms with van der Waals surface area (Å²) in [7, 11) is 0. The van der Waals surface area contributed by atoms with Crippen molar-refractivity contribution in [1.29, 1.82) is 0 Å². The van der Waals surface area contributed by atoms with Gasteiger partial charge in [-0.05, 0) is 18.4 Å². The Morgan fingerprint density at radius 2 is 2.12 bits per heavy atom. The smallest absolute Gasteiger partial charge is 0.359 e. The summed E-state index contributed by atoms with van der Waals surface area (Å²) in [6, 6.07) is 1.50. The fraction of sp³-hybridized carbons (Fsp3) is 0.143. The number of carbonyl (C=O) groups excluding carboxylic acids is 3. The van der Waals surface area contributed by atoms with E-state index in [0.29, 0.717) is 9.96 Å². The number of carbonyl (C=O) groups is 3. The maximum atomic E-state index is 12.3. The number of fused-ring (bicyclic) bond motifs is 1. The van der Waals surface area contributed by atoms with Gasteiger partial charge >= 0.3 is 5.97 Å². The third-order valence-electron chi connectivity index (χ3n) is 3.23. The Morgan fingerprint density at radius 1 is 1.36 bits per heavy atom. The average Bonchev–Trinajstić information content (AvgIpc) is 3.22. The van der Waals surface area contributed by atoms with Crippen molar-refractivity contribution in [1.82, 2.24) is 9.38 Å². The van der Waals surface area contributed by atoms with Crippen LogP contribution in [-0.4, -0.2) is 33.3 Å². The van der Waals surface area contributed by atoms with Gasteiger partial charge in [0.05, 0.1) is 5.56 Å². The van der Waals surface area contributed by atoms with Gasteiger partial charge in [-0.3, -0.25) is 14.0 Å². The Bertz CT molecular complexity index is 977. The Labute approximate surface area is 154 Å². The highest BCUT2D eigenvalue weighted by Gasteiger charge is 2.25. The number of amides is 2. The number of thiophene rings is 1. The van der Waals surface area contributed by atoms with Crippen molar-refractivity contribution in [3.63, 3.8) is 0 Å². The number of nitrogens with two attached hydrogens (primary N) is 1. The molecule has 0 spiro atoms. The van der Waals surface area contributed by atoms with E-state index in [0.717, 1.165) is 11.3 Å². The number of halogens is 1. The van der Waals surface area contributed by atoms with Crippen molar-refractivity contribution in [2.24, 2.45) is 5.73 Å². The van der Waals surface area contributed by atoms with Gasteiger partial charge < -0.3 is 15.8 Å². The normalized spacial score (nSPS) is 12.1. The van der Waals surface area contributed by atoms with Crippen LogP contribution in [0.2, 0.25) is 5.15 Å². The van der Waals surface area contributed by atoms with E-state index in [2.05, 4.69) is 10.3 Å². The third kappa shape index (κ3) is 3.36. The molecule has 8 nitrogen and oxygen atoms in total. The van der Waals surface area contributed by atoms with E-state index < -0.39 is 23.9 Å². The number of ether oxygens (including phenoxy) is 1. The monoisotopic (exact) mass is 398 g/mol. The number of primary amides is 1. The number of esters is 1. The second-order valence-electron chi connectivity index (χ2n) is 4.87. The molecule has 0 saturated heterocycles. The van der Waals surface area contributed by atoms with Gasteiger partial charge in [0.15, 0.2) is 21.9 Å². The van der Waals surface area contributed by atoms with Crippen molar-refractivity contribution in [2.75, 3.05) is 5.32 Å². The number of hydrogen-bond donors (Lipinski definition) is 2. The van der Waals surface area contributed by atoms with Crippen LogP contribution < -0.4 is 11.1 Å². The van der Waals surface area contributed by atoms with Gasteiger partial charge in [0, 0.05) is 11.6 Å². The van der Waals surface area contributed by atoms with Crippen LogP contribution in [0.15, 0.2) is 23.0 Å². The van der Waals surface area contributed by atoms with E-state index in [1.54, 1.807) is 17.0 Å². The van der Waals surface area contributed by atoms with E-state index in [9.17, 15) is 14.4 Å². The minimum absolute atomic E-state index is 0.00118. The van der Waals surface area contributed by atoms with Crippen LogP contribution in [0.3, 0.4) is 0 Å². The summed E-state index contributed by atoms with van der Waals surface area (Å²) >= 11 is 8.41. The first-order chi connectivity index (χ1) is 11.9. The fourth-order valence-corrected chi connectivity index (χ4v) is 3.83. The summed E-state index contributed by atoms with van der Waals surface area (Å²) < 4.78 is 6.65. The van der Waals surface area contributed by atoms with E-state index >= 15 is 0 Å². The summed E-state index contributed by atoms with van der Waals surface area (Å²) in [6.45, 7) is 1.41. The molecule has 3 N–H and O–H groups in total. The molecule has 0 bridgehead atoms. The lowest BCUT2D eigenvalue weighted by Gasteiger charge is -2.13. The first kappa shape index (κ1) is 17.4. The molecule has 3 aromatic heterocycles. The van der Waals surface area contributed by atoms with Crippen LogP contribution in [0.4, 0.5) is 5.00 Å². The molecule has 0 fully saturated rings. The summed E-state index contributed by atoms with van der Waals surface area (Å²) in [5.74, 6) is -2.03. The van der Waals surface area contributed by atoms with Gasteiger partial charge in [0.1, 0.15) is 5.00 Å². The summed E-state index contributed by atoms with van der Waals surface area (Å²) in [6.07, 6.45) is 0.515. The van der Waals surface area contributed by atoms with Crippen molar-refractivity contribution in [2.45, 2.75) is 13.0 Å². The molecule has 0 aliphatic heterocycles. The summed E-state index contributed by atoms with van der Waals surface area (Å²) in [5.41, 5.74) is 5.46. The number of rotatable bonds is 5. The second kappa shape index (κ2) is 6.82. The van der Waals surface area contributed by atoms with Crippen molar-refractivity contribution in [3.8, 4) is 0 Å². The minimum atomic E-state index is -1.12. The van der Waals surface area contributed by atoms with Crippen molar-refractivity contribution >= 4 is 62.0 Å². The highest BCUT2D eigenvalue weighted by molar-refractivity contribution is 7.15. The molecule has 0 aliphatic rings. The Hall–Kier alpha value is -2.43. The molecule has 130 valence electrons. The molecule has 3 heterocycles. The Morgan fingerprint density at radius 3 is 2.84 bits per heavy atom. The molecule has 2 amide bonds. The first-order valence-electron chi connectivity index (χ1n) is 6.88. The van der Waals surface area contributed by atoms with Crippen LogP contribution in [-0.2, 0) is 9.53 Å². The minimum Gasteiger partial charge on any atom is -0.448 e. The predicted molar refractivity (Wildman–Crippen MR) is 94.4 cm³/mol. The predicted octanol–water partition coefficient (Wildman–Crippen LogP) is 2.39. The maximum absolute atomic E-state index is 12.3. The van der Waals surface area contributed by atoms with Crippen LogP contribution >= 0.6 is 34.3 Å². The zero-order valence-corrected chi connectivity index (χ0v) is 15.1. The quantitative estimate of drug-likeness (QED) is 0.640. The number of aromatic nitrogens is 2. The number of nitrogens with one attached hydrogen (secondary N) is 1. The van der Waals surface area contributed by atoms with Crippen LogP contribution in [0.1, 0.15) is 27.8 Å². The lowest BCUT2D eigenvalue weighted by Crippen LogP contribution is -2.30. The highest BCUT2D eigenvalue weighted by Crippen LogP contribution is 2.24. The molecular formula is C14H11ClN4O4S2. The van der Waals surface area contributed by atoms with Gasteiger partial charge in [-0.25, -0.2) is 9.78 Å². The molecule has 0 unspecified atom stereocenters. The molecule has 11 heteroatoms. The standard InChI is InChI=1S/C14H11ClN4O4S2/c1-6(11(21)18-12-7(10(16)20)2-4-24-12)23-13(22)8-9(15)17-14-19(8)3-5-25-14/h2-6H,1H3,(H2,16,20)(H,18,21)/t6-/m1/s1. The van der Waals surface area contributed by atoms with E-state index in [-0.39, 0.29) is 16.4 Å². The van der Waals surface area contributed by atoms with Crippen molar-refractivity contribution < 1.29 is 19.1 Å². The molecule has 0 aliphatic carbocycles. The molecule has 0 aromatic carbocycles. The Kier molecular flexibility index (Phi) is 4.75. The SMILES string of the molecule is C[C@@H](OC(=O)c1c(Cl)nc2sccn12)C(=O)Nc1sccc1C(N)=O. The number of hydrogen-bond acceptors (Lipinski definition) is 7. The zero-order valence-electron chi connectivity index (χ0n) is 12.7. The van der Waals surface area contributed by atoms with Gasteiger partial charge in [-0.15, -0.1) is 22.7 Å². The number of nitrogens with zero attached hydrogens (tertiary/aromatic N) is 2. The molecule has 0 radical (unpaired) electrons. The van der Waals surface area contributed by atoms with Crippen LogP contribution in [0.5, 0.6) is 0 Å². The summed E-state index contributed by atoms with van der Waals surface area (Å²) in [5, 5.41) is 6.17. The van der Waals surface area contributed by atoms with Crippen molar-refractivity contribution in [3.05, 3.63) is 39.4 Å². The van der Waals surface area contributed by atoms with Gasteiger partial charge in [0.2, 0.25) is 0 Å². The highest BCUT2D eigenvalue weighted by atomic mass is 35.5. The first-order valence-corrected chi connectivity index (χ1v) is 9.02. The topological polar surface area (TPSA) is 116 Å². The lowest BCUT2D eigenvalue weighted by molar-refractivity contribution is -0.123. The Balaban J connectivity index is 1.72. The third-order valence-corrected chi connectivity index (χ3v) is 5.08. The molecule has 1 atom stereocenters. The van der Waals surface area contributed by atoms with Crippen LogP contribution in [0.25, 0.3) is 4.96 Å². The number of imidazole rings is 1. The molecule has 3 rings (SSSR count).